The second-order valence-corrected chi connectivity index (χ2v) is 9.51. The van der Waals surface area contributed by atoms with Crippen molar-refractivity contribution in [1.82, 2.24) is 5.32 Å². The van der Waals surface area contributed by atoms with Crippen LogP contribution in [0.1, 0.15) is 79.2 Å². The first-order valence-corrected chi connectivity index (χ1v) is 12.5. The van der Waals surface area contributed by atoms with Crippen molar-refractivity contribution in [2.45, 2.75) is 70.5 Å². The van der Waals surface area contributed by atoms with E-state index in [2.05, 4.69) is 10.3 Å². The number of aliphatic imine (C=N–C) groups is 1. The first-order chi connectivity index (χ1) is 16.6. The predicted molar refractivity (Wildman–Crippen MR) is 133 cm³/mol. The van der Waals surface area contributed by atoms with E-state index in [1.807, 2.05) is 25.1 Å². The van der Waals surface area contributed by atoms with Crippen molar-refractivity contribution < 1.29 is 23.1 Å². The van der Waals surface area contributed by atoms with Gasteiger partial charge in [0, 0.05) is 30.4 Å². The molecule has 0 radical (unpaired) electrons. The number of hydrogen-bond donors (Lipinski definition) is 2. The van der Waals surface area contributed by atoms with Crippen LogP contribution in [-0.2, 0) is 23.9 Å². The van der Waals surface area contributed by atoms with Gasteiger partial charge in [0.1, 0.15) is 0 Å². The third kappa shape index (κ3) is 8.07. The molecule has 0 amide bonds. The molecule has 3 rings (SSSR count). The molecule has 1 fully saturated rings. The molecule has 8 heteroatoms. The van der Waals surface area contributed by atoms with Crippen LogP contribution in [-0.4, -0.2) is 29.9 Å². The number of carboxylic acid groups (broad SMARTS) is 1. The largest absolute Gasteiger partial charge is 0.481 e. The molecule has 2 aromatic rings. The Morgan fingerprint density at radius 2 is 1.89 bits per heavy atom. The standard InChI is InChI=1S/C27H32ClF3N2O2/c1-18(21-8-9-22(25(28)16-21)17-32-13-12-26(34)35)33-14-11-19-7-10-23(20-5-3-2-4-6-20)24(15-19)27(29,30)31/h7-10,15-16,20,32H,2-6,11-14,17H2,1H3,(H,34,35). The number of halogens is 4. The van der Waals surface area contributed by atoms with E-state index < -0.39 is 17.7 Å². The van der Waals surface area contributed by atoms with Crippen LogP contribution in [0.4, 0.5) is 13.2 Å². The molecular formula is C27H32ClF3N2O2. The zero-order chi connectivity index (χ0) is 25.4. The number of carboxylic acids is 1. The van der Waals surface area contributed by atoms with E-state index in [-0.39, 0.29) is 12.3 Å². The van der Waals surface area contributed by atoms with Crippen LogP contribution in [0.3, 0.4) is 0 Å². The Bertz CT molecular complexity index is 1050. The molecule has 1 saturated carbocycles. The van der Waals surface area contributed by atoms with E-state index in [4.69, 9.17) is 16.7 Å². The van der Waals surface area contributed by atoms with Gasteiger partial charge < -0.3 is 10.4 Å². The topological polar surface area (TPSA) is 61.7 Å². The van der Waals surface area contributed by atoms with Gasteiger partial charge >= 0.3 is 12.1 Å². The van der Waals surface area contributed by atoms with E-state index in [0.29, 0.717) is 42.2 Å². The molecule has 190 valence electrons. The maximum atomic E-state index is 13.8. The summed E-state index contributed by atoms with van der Waals surface area (Å²) >= 11 is 6.37. The van der Waals surface area contributed by atoms with Crippen molar-refractivity contribution in [1.29, 1.82) is 0 Å². The molecule has 35 heavy (non-hydrogen) atoms. The summed E-state index contributed by atoms with van der Waals surface area (Å²) in [5, 5.41) is 12.3. The summed E-state index contributed by atoms with van der Waals surface area (Å²) in [6, 6.07) is 10.3. The Balaban J connectivity index is 1.63. The quantitative estimate of drug-likeness (QED) is 0.268. The van der Waals surface area contributed by atoms with Crippen LogP contribution < -0.4 is 5.32 Å². The molecular weight excluding hydrogens is 477 g/mol. The first kappa shape index (κ1) is 27.2. The van der Waals surface area contributed by atoms with Gasteiger partial charge in [-0.3, -0.25) is 9.79 Å². The van der Waals surface area contributed by atoms with Crippen molar-refractivity contribution in [2.75, 3.05) is 13.1 Å². The van der Waals surface area contributed by atoms with Crippen molar-refractivity contribution in [3.05, 3.63) is 69.2 Å². The lowest BCUT2D eigenvalue weighted by Crippen LogP contribution is -2.17. The van der Waals surface area contributed by atoms with Gasteiger partial charge in [-0.1, -0.05) is 55.1 Å². The Morgan fingerprint density at radius 1 is 1.14 bits per heavy atom. The molecule has 0 saturated heterocycles. The zero-order valence-electron chi connectivity index (χ0n) is 19.9. The SMILES string of the molecule is CC(=NCCc1ccc(C2CCCCC2)c(C(F)(F)F)c1)c1ccc(CNCCC(=O)O)c(Cl)c1. The van der Waals surface area contributed by atoms with Crippen LogP contribution in [0.15, 0.2) is 41.4 Å². The fraction of sp³-hybridized carbons (Fsp3) is 0.481. The normalized spacial score (nSPS) is 15.4. The van der Waals surface area contributed by atoms with Gasteiger partial charge in [0.15, 0.2) is 0 Å². The van der Waals surface area contributed by atoms with Crippen molar-refractivity contribution in [3.8, 4) is 0 Å². The lowest BCUT2D eigenvalue weighted by molar-refractivity contribution is -0.138. The van der Waals surface area contributed by atoms with E-state index in [1.54, 1.807) is 12.1 Å². The molecule has 0 spiro atoms. The summed E-state index contributed by atoms with van der Waals surface area (Å²) in [6.45, 7) is 3.04. The Morgan fingerprint density at radius 3 is 2.54 bits per heavy atom. The highest BCUT2D eigenvalue weighted by Crippen LogP contribution is 2.41. The molecule has 1 aliphatic rings. The molecule has 0 heterocycles. The summed E-state index contributed by atoms with van der Waals surface area (Å²) < 4.78 is 41.4. The number of nitrogens with zero attached hydrogens (tertiary/aromatic N) is 1. The highest BCUT2D eigenvalue weighted by atomic mass is 35.5. The Labute approximate surface area is 209 Å². The van der Waals surface area contributed by atoms with Crippen molar-refractivity contribution in [2.24, 2.45) is 4.99 Å². The second kappa shape index (κ2) is 12.5. The number of alkyl halides is 3. The second-order valence-electron chi connectivity index (χ2n) is 9.10. The Kier molecular flexibility index (Phi) is 9.75. The van der Waals surface area contributed by atoms with Gasteiger partial charge in [0.25, 0.3) is 0 Å². The summed E-state index contributed by atoms with van der Waals surface area (Å²) in [5.41, 5.74) is 3.02. The van der Waals surface area contributed by atoms with Crippen LogP contribution in [0.5, 0.6) is 0 Å². The van der Waals surface area contributed by atoms with Gasteiger partial charge in [0.2, 0.25) is 0 Å². The molecule has 0 bridgehead atoms. The average Bonchev–Trinajstić information content (AvgIpc) is 2.82. The average molecular weight is 509 g/mol. The fourth-order valence-electron chi connectivity index (χ4n) is 4.55. The molecule has 4 nitrogen and oxygen atoms in total. The van der Waals surface area contributed by atoms with E-state index in [9.17, 15) is 18.0 Å². The summed E-state index contributed by atoms with van der Waals surface area (Å²) in [6.07, 6.45) is 0.832. The van der Waals surface area contributed by atoms with E-state index in [0.717, 1.165) is 48.9 Å². The van der Waals surface area contributed by atoms with Crippen LogP contribution >= 0.6 is 11.6 Å². The van der Waals surface area contributed by atoms with E-state index >= 15 is 0 Å². The van der Waals surface area contributed by atoms with Crippen molar-refractivity contribution >= 4 is 23.3 Å². The molecule has 2 N–H and O–H groups in total. The van der Waals surface area contributed by atoms with Gasteiger partial charge in [-0.2, -0.15) is 13.2 Å². The van der Waals surface area contributed by atoms with Gasteiger partial charge in [-0.15, -0.1) is 0 Å². The van der Waals surface area contributed by atoms with E-state index in [1.165, 1.54) is 6.07 Å². The Hall–Kier alpha value is -2.38. The fourth-order valence-corrected chi connectivity index (χ4v) is 4.80. The molecule has 0 aromatic heterocycles. The molecule has 0 atom stereocenters. The number of nitrogens with one attached hydrogen (secondary N) is 1. The minimum absolute atomic E-state index is 0.00483. The maximum absolute atomic E-state index is 13.8. The van der Waals surface area contributed by atoms with Crippen LogP contribution in [0.2, 0.25) is 5.02 Å². The number of rotatable bonds is 10. The third-order valence-corrected chi connectivity index (χ3v) is 6.87. The smallest absolute Gasteiger partial charge is 0.416 e. The maximum Gasteiger partial charge on any atom is 0.416 e. The number of carbonyl (C=O) groups is 1. The van der Waals surface area contributed by atoms with Gasteiger partial charge in [-0.25, -0.2) is 0 Å². The number of benzene rings is 2. The summed E-state index contributed by atoms with van der Waals surface area (Å²) in [4.78, 5) is 15.1. The third-order valence-electron chi connectivity index (χ3n) is 6.52. The number of hydrogen-bond acceptors (Lipinski definition) is 3. The van der Waals surface area contributed by atoms with Crippen molar-refractivity contribution in [3.63, 3.8) is 0 Å². The lowest BCUT2D eigenvalue weighted by atomic mass is 9.81. The monoisotopic (exact) mass is 508 g/mol. The molecule has 0 aliphatic heterocycles. The minimum atomic E-state index is -4.36. The highest BCUT2D eigenvalue weighted by molar-refractivity contribution is 6.31. The van der Waals surface area contributed by atoms with Crippen LogP contribution in [0.25, 0.3) is 0 Å². The van der Waals surface area contributed by atoms with Gasteiger partial charge in [0.05, 0.1) is 12.0 Å². The number of aliphatic carboxylic acids is 1. The molecule has 0 unspecified atom stereocenters. The van der Waals surface area contributed by atoms with Gasteiger partial charge in [-0.05, 0) is 66.5 Å². The lowest BCUT2D eigenvalue weighted by Gasteiger charge is -2.25. The minimum Gasteiger partial charge on any atom is -0.481 e. The zero-order valence-corrected chi connectivity index (χ0v) is 20.7. The summed E-state index contributed by atoms with van der Waals surface area (Å²) in [5.74, 6) is -0.865. The molecule has 1 aliphatic carbocycles. The summed E-state index contributed by atoms with van der Waals surface area (Å²) in [7, 11) is 0. The molecule has 2 aromatic carbocycles. The first-order valence-electron chi connectivity index (χ1n) is 12.1. The predicted octanol–water partition coefficient (Wildman–Crippen LogP) is 7.02. The highest BCUT2D eigenvalue weighted by Gasteiger charge is 2.35. The van der Waals surface area contributed by atoms with Crippen LogP contribution in [0, 0.1) is 0 Å².